The van der Waals surface area contributed by atoms with Crippen LogP contribution in [0.2, 0.25) is 0 Å². The van der Waals surface area contributed by atoms with E-state index in [-0.39, 0.29) is 12.2 Å². The van der Waals surface area contributed by atoms with Crippen molar-refractivity contribution in [3.05, 3.63) is 0 Å². The Bertz CT molecular complexity index is 198. The minimum atomic E-state index is -0.432. The highest BCUT2D eigenvalue weighted by Crippen LogP contribution is 2.09. The van der Waals surface area contributed by atoms with E-state index in [4.69, 9.17) is 9.47 Å². The second-order valence-corrected chi connectivity index (χ2v) is 4.74. The average molecular weight is 217 g/mol. The van der Waals surface area contributed by atoms with E-state index in [0.29, 0.717) is 6.54 Å². The molecule has 0 aliphatic carbocycles. The maximum absolute atomic E-state index is 11.5. The molecular weight excluding hydrogens is 194 g/mol. The highest BCUT2D eigenvalue weighted by atomic mass is 16.6. The molecule has 0 saturated carbocycles. The number of rotatable bonds is 4. The molecule has 0 rings (SSSR count). The smallest absolute Gasteiger partial charge is 0.410 e. The quantitative estimate of drug-likeness (QED) is 0.725. The molecule has 15 heavy (non-hydrogen) atoms. The van der Waals surface area contributed by atoms with Crippen LogP contribution in [0.4, 0.5) is 4.79 Å². The summed E-state index contributed by atoms with van der Waals surface area (Å²) in [4.78, 5) is 13.1. The van der Waals surface area contributed by atoms with Crippen molar-refractivity contribution in [1.82, 2.24) is 4.90 Å². The van der Waals surface area contributed by atoms with Crippen LogP contribution in [0.1, 0.15) is 34.1 Å². The molecule has 0 N–H and O–H groups in total. The minimum Gasteiger partial charge on any atom is -0.444 e. The number of carbonyl (C=O) groups is 1. The zero-order chi connectivity index (χ0) is 12.1. The summed E-state index contributed by atoms with van der Waals surface area (Å²) in [6.07, 6.45) is 0.687. The van der Waals surface area contributed by atoms with Crippen LogP contribution in [0.15, 0.2) is 0 Å². The Hall–Kier alpha value is -0.770. The Morgan fingerprint density at radius 2 is 1.93 bits per heavy atom. The number of hydrogen-bond acceptors (Lipinski definition) is 3. The fourth-order valence-electron chi connectivity index (χ4n) is 0.924. The van der Waals surface area contributed by atoms with Gasteiger partial charge in [0.15, 0.2) is 0 Å². The molecule has 0 spiro atoms. The fraction of sp³-hybridized carbons (Fsp3) is 0.909. The van der Waals surface area contributed by atoms with Crippen LogP contribution in [-0.2, 0) is 9.47 Å². The first-order valence-electron chi connectivity index (χ1n) is 5.23. The third-order valence-corrected chi connectivity index (χ3v) is 1.98. The van der Waals surface area contributed by atoms with Crippen LogP contribution in [0.25, 0.3) is 0 Å². The predicted octanol–water partition coefficient (Wildman–Crippen LogP) is 2.28. The summed E-state index contributed by atoms with van der Waals surface area (Å²) < 4.78 is 10.3. The molecule has 0 saturated heterocycles. The van der Waals surface area contributed by atoms with Gasteiger partial charge in [-0.05, 0) is 34.1 Å². The maximum atomic E-state index is 11.5. The van der Waals surface area contributed by atoms with Gasteiger partial charge in [0.1, 0.15) is 5.60 Å². The first-order valence-corrected chi connectivity index (χ1v) is 5.23. The van der Waals surface area contributed by atoms with E-state index in [1.807, 2.05) is 27.7 Å². The Balaban J connectivity index is 3.90. The molecule has 4 heteroatoms. The van der Waals surface area contributed by atoms with Gasteiger partial charge in [0, 0.05) is 20.7 Å². The standard InChI is InChI=1S/C11H23NO3/c1-9(14-6)7-8-12(5)10(13)15-11(2,3)4/h9H,7-8H2,1-6H3. The van der Waals surface area contributed by atoms with Crippen LogP contribution in [0, 0.1) is 0 Å². The van der Waals surface area contributed by atoms with Gasteiger partial charge in [0.2, 0.25) is 0 Å². The van der Waals surface area contributed by atoms with E-state index in [2.05, 4.69) is 0 Å². The molecule has 0 bridgehead atoms. The van der Waals surface area contributed by atoms with Crippen molar-refractivity contribution in [3.8, 4) is 0 Å². The van der Waals surface area contributed by atoms with Gasteiger partial charge in [-0.25, -0.2) is 4.79 Å². The van der Waals surface area contributed by atoms with Crippen LogP contribution in [-0.4, -0.2) is 43.4 Å². The van der Waals surface area contributed by atoms with E-state index in [1.54, 1.807) is 19.1 Å². The van der Waals surface area contributed by atoms with Gasteiger partial charge in [0.25, 0.3) is 0 Å². The normalized spacial score (nSPS) is 13.5. The van der Waals surface area contributed by atoms with Crippen molar-refractivity contribution in [2.24, 2.45) is 0 Å². The van der Waals surface area contributed by atoms with E-state index in [1.165, 1.54) is 0 Å². The molecule has 90 valence electrons. The molecule has 0 aromatic rings. The van der Waals surface area contributed by atoms with Gasteiger partial charge in [-0.1, -0.05) is 0 Å². The molecule has 0 aromatic carbocycles. The Morgan fingerprint density at radius 1 is 1.40 bits per heavy atom. The molecule has 1 atom stereocenters. The van der Waals surface area contributed by atoms with Crippen molar-refractivity contribution in [1.29, 1.82) is 0 Å². The summed E-state index contributed by atoms with van der Waals surface area (Å²) >= 11 is 0. The Labute approximate surface area is 92.5 Å². The van der Waals surface area contributed by atoms with Crippen LogP contribution in [0.5, 0.6) is 0 Å². The Morgan fingerprint density at radius 3 is 2.33 bits per heavy atom. The summed E-state index contributed by atoms with van der Waals surface area (Å²) in [6, 6.07) is 0. The number of nitrogens with zero attached hydrogens (tertiary/aromatic N) is 1. The summed E-state index contributed by atoms with van der Waals surface area (Å²) in [5.41, 5.74) is -0.432. The molecule has 1 amide bonds. The van der Waals surface area contributed by atoms with Crippen LogP contribution in [0.3, 0.4) is 0 Å². The Kier molecular flexibility index (Phi) is 5.65. The second kappa shape index (κ2) is 5.95. The third kappa shape index (κ3) is 7.19. The fourth-order valence-corrected chi connectivity index (χ4v) is 0.924. The zero-order valence-corrected chi connectivity index (χ0v) is 10.7. The molecule has 0 aliphatic heterocycles. The molecular formula is C11H23NO3. The molecule has 0 radical (unpaired) electrons. The van der Waals surface area contributed by atoms with Gasteiger partial charge in [-0.3, -0.25) is 0 Å². The van der Waals surface area contributed by atoms with Crippen molar-refractivity contribution in [3.63, 3.8) is 0 Å². The van der Waals surface area contributed by atoms with Gasteiger partial charge >= 0.3 is 6.09 Å². The largest absolute Gasteiger partial charge is 0.444 e. The third-order valence-electron chi connectivity index (χ3n) is 1.98. The van der Waals surface area contributed by atoms with Gasteiger partial charge in [-0.2, -0.15) is 0 Å². The van der Waals surface area contributed by atoms with Gasteiger partial charge < -0.3 is 14.4 Å². The summed E-state index contributed by atoms with van der Waals surface area (Å²) in [5, 5.41) is 0. The summed E-state index contributed by atoms with van der Waals surface area (Å²) in [7, 11) is 3.40. The molecule has 0 aromatic heterocycles. The van der Waals surface area contributed by atoms with Crippen molar-refractivity contribution in [2.75, 3.05) is 20.7 Å². The van der Waals surface area contributed by atoms with Gasteiger partial charge in [0.05, 0.1) is 6.10 Å². The predicted molar refractivity (Wildman–Crippen MR) is 60.0 cm³/mol. The average Bonchev–Trinajstić information content (AvgIpc) is 2.10. The van der Waals surface area contributed by atoms with Crippen molar-refractivity contribution < 1.29 is 14.3 Å². The monoisotopic (exact) mass is 217 g/mol. The number of carbonyl (C=O) groups excluding carboxylic acids is 1. The lowest BCUT2D eigenvalue weighted by atomic mass is 10.2. The number of ether oxygens (including phenoxy) is 2. The first-order chi connectivity index (χ1) is 6.76. The van der Waals surface area contributed by atoms with Crippen molar-refractivity contribution >= 4 is 6.09 Å². The maximum Gasteiger partial charge on any atom is 0.410 e. The topological polar surface area (TPSA) is 38.8 Å². The number of amides is 1. The molecule has 0 heterocycles. The van der Waals surface area contributed by atoms with E-state index in [9.17, 15) is 4.79 Å². The molecule has 1 unspecified atom stereocenters. The molecule has 0 aliphatic rings. The first kappa shape index (κ1) is 14.2. The summed E-state index contributed by atoms with van der Waals surface area (Å²) in [5.74, 6) is 0. The zero-order valence-electron chi connectivity index (χ0n) is 10.7. The van der Waals surface area contributed by atoms with Crippen LogP contribution >= 0.6 is 0 Å². The number of methoxy groups -OCH3 is 1. The van der Waals surface area contributed by atoms with E-state index >= 15 is 0 Å². The lowest BCUT2D eigenvalue weighted by Gasteiger charge is -2.25. The lowest BCUT2D eigenvalue weighted by Crippen LogP contribution is -2.35. The van der Waals surface area contributed by atoms with Crippen molar-refractivity contribution in [2.45, 2.75) is 45.8 Å². The number of hydrogen-bond donors (Lipinski definition) is 0. The SMILES string of the molecule is COC(C)CCN(C)C(=O)OC(C)(C)C. The highest BCUT2D eigenvalue weighted by molar-refractivity contribution is 5.67. The minimum absolute atomic E-state index is 0.162. The molecule has 4 nitrogen and oxygen atoms in total. The van der Waals surface area contributed by atoms with E-state index in [0.717, 1.165) is 6.42 Å². The molecule has 0 fully saturated rings. The highest BCUT2D eigenvalue weighted by Gasteiger charge is 2.19. The lowest BCUT2D eigenvalue weighted by molar-refractivity contribution is 0.0262. The van der Waals surface area contributed by atoms with Gasteiger partial charge in [-0.15, -0.1) is 0 Å². The van der Waals surface area contributed by atoms with E-state index < -0.39 is 5.60 Å². The summed E-state index contributed by atoms with van der Waals surface area (Å²) in [6.45, 7) is 8.19. The van der Waals surface area contributed by atoms with Crippen LogP contribution < -0.4 is 0 Å². The second-order valence-electron chi connectivity index (χ2n) is 4.74.